The SMILES string of the molecule is CN=C(NCCc1cccc(F)c1)NC(C)C.I. The molecule has 0 unspecified atom stereocenters. The second-order valence-corrected chi connectivity index (χ2v) is 4.18. The Hall–Kier alpha value is -0.850. The molecule has 18 heavy (non-hydrogen) atoms. The molecule has 0 atom stereocenters. The maximum absolute atomic E-state index is 12.9. The summed E-state index contributed by atoms with van der Waals surface area (Å²) in [5, 5.41) is 6.38. The van der Waals surface area contributed by atoms with Crippen molar-refractivity contribution in [1.29, 1.82) is 0 Å². The summed E-state index contributed by atoms with van der Waals surface area (Å²) >= 11 is 0. The first-order valence-electron chi connectivity index (χ1n) is 5.83. The summed E-state index contributed by atoms with van der Waals surface area (Å²) in [6, 6.07) is 7.00. The van der Waals surface area contributed by atoms with E-state index in [1.165, 1.54) is 6.07 Å². The molecule has 1 aromatic carbocycles. The standard InChI is InChI=1S/C13H20FN3.HI/c1-10(2)17-13(15-3)16-8-7-11-5-4-6-12(14)9-11;/h4-6,9-10H,7-8H2,1-3H3,(H2,15,16,17);1H. The van der Waals surface area contributed by atoms with E-state index in [4.69, 9.17) is 0 Å². The average molecular weight is 365 g/mol. The monoisotopic (exact) mass is 365 g/mol. The van der Waals surface area contributed by atoms with Crippen LogP contribution in [0.25, 0.3) is 0 Å². The van der Waals surface area contributed by atoms with Crippen LogP contribution < -0.4 is 10.6 Å². The van der Waals surface area contributed by atoms with Crippen LogP contribution in [0.3, 0.4) is 0 Å². The van der Waals surface area contributed by atoms with Gasteiger partial charge in [-0.3, -0.25) is 4.99 Å². The summed E-state index contributed by atoms with van der Waals surface area (Å²) in [4.78, 5) is 4.10. The van der Waals surface area contributed by atoms with Gasteiger partial charge in [0.1, 0.15) is 5.82 Å². The Balaban J connectivity index is 0.00000289. The lowest BCUT2D eigenvalue weighted by Gasteiger charge is -2.14. The summed E-state index contributed by atoms with van der Waals surface area (Å²) < 4.78 is 12.9. The van der Waals surface area contributed by atoms with E-state index in [1.807, 2.05) is 6.07 Å². The molecule has 3 nitrogen and oxygen atoms in total. The van der Waals surface area contributed by atoms with Gasteiger partial charge in [-0.15, -0.1) is 24.0 Å². The zero-order valence-corrected chi connectivity index (χ0v) is 13.4. The highest BCUT2D eigenvalue weighted by Crippen LogP contribution is 2.03. The molecule has 1 aromatic rings. The first-order chi connectivity index (χ1) is 8.11. The number of hydrogen-bond acceptors (Lipinski definition) is 1. The highest BCUT2D eigenvalue weighted by Gasteiger charge is 2.00. The summed E-state index contributed by atoms with van der Waals surface area (Å²) in [5.74, 6) is 0.587. The van der Waals surface area contributed by atoms with Gasteiger partial charge in [0.05, 0.1) is 0 Å². The van der Waals surface area contributed by atoms with Crippen molar-refractivity contribution < 1.29 is 4.39 Å². The van der Waals surface area contributed by atoms with Gasteiger partial charge in [0, 0.05) is 19.6 Å². The number of hydrogen-bond donors (Lipinski definition) is 2. The predicted octanol–water partition coefficient (Wildman–Crippen LogP) is 2.56. The Labute approximate surface area is 125 Å². The minimum atomic E-state index is -0.188. The van der Waals surface area contributed by atoms with Gasteiger partial charge in [-0.05, 0) is 38.0 Å². The quantitative estimate of drug-likeness (QED) is 0.489. The van der Waals surface area contributed by atoms with Gasteiger partial charge in [0.2, 0.25) is 0 Å². The van der Waals surface area contributed by atoms with Gasteiger partial charge in [0.15, 0.2) is 5.96 Å². The Morgan fingerprint density at radius 3 is 2.67 bits per heavy atom. The second-order valence-electron chi connectivity index (χ2n) is 4.18. The molecular weight excluding hydrogens is 344 g/mol. The van der Waals surface area contributed by atoms with Crippen molar-refractivity contribution in [3.8, 4) is 0 Å². The van der Waals surface area contributed by atoms with E-state index in [2.05, 4.69) is 29.5 Å². The van der Waals surface area contributed by atoms with Crippen LogP contribution in [0.15, 0.2) is 29.3 Å². The topological polar surface area (TPSA) is 36.4 Å². The highest BCUT2D eigenvalue weighted by molar-refractivity contribution is 14.0. The van der Waals surface area contributed by atoms with Crippen molar-refractivity contribution in [3.63, 3.8) is 0 Å². The van der Waals surface area contributed by atoms with Crippen LogP contribution in [0.4, 0.5) is 4.39 Å². The van der Waals surface area contributed by atoms with Gasteiger partial charge < -0.3 is 10.6 Å². The molecule has 0 saturated carbocycles. The van der Waals surface area contributed by atoms with Crippen LogP contribution in [-0.4, -0.2) is 25.6 Å². The van der Waals surface area contributed by atoms with Gasteiger partial charge in [-0.1, -0.05) is 12.1 Å². The fourth-order valence-electron chi connectivity index (χ4n) is 1.49. The van der Waals surface area contributed by atoms with Crippen LogP contribution in [0.2, 0.25) is 0 Å². The van der Waals surface area contributed by atoms with E-state index in [0.29, 0.717) is 6.04 Å². The van der Waals surface area contributed by atoms with E-state index < -0.39 is 0 Å². The molecular formula is C13H21FIN3. The third-order valence-electron chi connectivity index (χ3n) is 2.24. The fourth-order valence-corrected chi connectivity index (χ4v) is 1.49. The Kier molecular flexibility index (Phi) is 8.70. The molecule has 1 rings (SSSR count). The molecule has 0 amide bonds. The summed E-state index contributed by atoms with van der Waals surface area (Å²) in [7, 11) is 1.74. The molecule has 0 fully saturated rings. The number of benzene rings is 1. The molecule has 0 spiro atoms. The fraction of sp³-hybridized carbons (Fsp3) is 0.462. The molecule has 0 saturated heterocycles. The maximum Gasteiger partial charge on any atom is 0.191 e. The van der Waals surface area contributed by atoms with E-state index in [0.717, 1.165) is 24.5 Å². The van der Waals surface area contributed by atoms with E-state index >= 15 is 0 Å². The third-order valence-corrected chi connectivity index (χ3v) is 2.24. The first-order valence-corrected chi connectivity index (χ1v) is 5.83. The van der Waals surface area contributed by atoms with E-state index in [-0.39, 0.29) is 29.8 Å². The van der Waals surface area contributed by atoms with Crippen molar-refractivity contribution in [3.05, 3.63) is 35.6 Å². The summed E-state index contributed by atoms with van der Waals surface area (Å²) in [6.07, 6.45) is 0.774. The molecule has 102 valence electrons. The van der Waals surface area contributed by atoms with Gasteiger partial charge in [-0.25, -0.2) is 4.39 Å². The van der Waals surface area contributed by atoms with Crippen LogP contribution in [-0.2, 0) is 6.42 Å². The lowest BCUT2D eigenvalue weighted by atomic mass is 10.1. The van der Waals surface area contributed by atoms with Gasteiger partial charge in [0.25, 0.3) is 0 Å². The predicted molar refractivity (Wildman–Crippen MR) is 85.2 cm³/mol. The number of halogens is 2. The van der Waals surface area contributed by atoms with Crippen molar-refractivity contribution in [2.75, 3.05) is 13.6 Å². The molecule has 0 heterocycles. The van der Waals surface area contributed by atoms with Gasteiger partial charge in [-0.2, -0.15) is 0 Å². The summed E-state index contributed by atoms with van der Waals surface area (Å²) in [5.41, 5.74) is 0.984. The van der Waals surface area contributed by atoms with Crippen molar-refractivity contribution in [2.45, 2.75) is 26.3 Å². The largest absolute Gasteiger partial charge is 0.356 e. The molecule has 0 aliphatic rings. The number of guanidine groups is 1. The normalized spacial score (nSPS) is 11.1. The number of nitrogens with zero attached hydrogens (tertiary/aromatic N) is 1. The first kappa shape index (κ1) is 17.2. The molecule has 0 bridgehead atoms. The molecule has 0 aliphatic carbocycles. The Bertz CT molecular complexity index is 380. The van der Waals surface area contributed by atoms with E-state index in [1.54, 1.807) is 19.2 Å². The maximum atomic E-state index is 12.9. The van der Waals surface area contributed by atoms with Crippen LogP contribution in [0, 0.1) is 5.82 Å². The molecule has 2 N–H and O–H groups in total. The summed E-state index contributed by atoms with van der Waals surface area (Å²) in [6.45, 7) is 4.84. The third kappa shape index (κ3) is 6.78. The Morgan fingerprint density at radius 1 is 1.39 bits per heavy atom. The number of nitrogens with one attached hydrogen (secondary N) is 2. The number of rotatable bonds is 4. The number of aliphatic imine (C=N–C) groups is 1. The second kappa shape index (κ2) is 9.13. The molecule has 0 aromatic heterocycles. The minimum Gasteiger partial charge on any atom is -0.356 e. The van der Waals surface area contributed by atoms with Gasteiger partial charge >= 0.3 is 0 Å². The van der Waals surface area contributed by atoms with Crippen LogP contribution in [0.1, 0.15) is 19.4 Å². The zero-order valence-electron chi connectivity index (χ0n) is 11.0. The van der Waals surface area contributed by atoms with Crippen molar-refractivity contribution in [2.24, 2.45) is 4.99 Å². The van der Waals surface area contributed by atoms with Crippen molar-refractivity contribution in [1.82, 2.24) is 10.6 Å². The Morgan fingerprint density at radius 2 is 2.11 bits per heavy atom. The molecule has 0 radical (unpaired) electrons. The lowest BCUT2D eigenvalue weighted by molar-refractivity contribution is 0.624. The lowest BCUT2D eigenvalue weighted by Crippen LogP contribution is -2.41. The molecule has 5 heteroatoms. The van der Waals surface area contributed by atoms with Crippen molar-refractivity contribution >= 4 is 29.9 Å². The minimum absolute atomic E-state index is 0. The molecule has 0 aliphatic heterocycles. The smallest absolute Gasteiger partial charge is 0.191 e. The highest BCUT2D eigenvalue weighted by atomic mass is 127. The average Bonchev–Trinajstić information content (AvgIpc) is 2.27. The van der Waals surface area contributed by atoms with Crippen LogP contribution in [0.5, 0.6) is 0 Å². The van der Waals surface area contributed by atoms with E-state index in [9.17, 15) is 4.39 Å². The zero-order chi connectivity index (χ0) is 12.7. The van der Waals surface area contributed by atoms with Crippen LogP contribution >= 0.6 is 24.0 Å².